The molecule has 0 bridgehead atoms. The monoisotopic (exact) mass is 508 g/mol. The number of nitrogens with one attached hydrogen (secondary N) is 1. The van der Waals surface area contributed by atoms with E-state index in [2.05, 4.69) is 24.5 Å². The van der Waals surface area contributed by atoms with Gasteiger partial charge in [0.05, 0.1) is 0 Å². The van der Waals surface area contributed by atoms with Crippen molar-refractivity contribution < 1.29 is 0 Å². The van der Waals surface area contributed by atoms with Gasteiger partial charge in [-0.1, -0.05) is 148 Å². The van der Waals surface area contributed by atoms with E-state index in [9.17, 15) is 0 Å². The zero-order valence-electron chi connectivity index (χ0n) is 24.9. The standard InChI is InChI=1S/C33H69N3/c1-2-3-4-5-6-9-17-24-31-36-32-25-18-11-14-21-28-33(27-20-13-10-16-23-30-35)26-19-12-7-8-15-22-29-34/h24,31,33,36H,2-23,25-30,32,34-35H2,1H3/b31-24-. The highest BCUT2D eigenvalue weighted by Gasteiger charge is 2.08. The van der Waals surface area contributed by atoms with Crippen LogP contribution < -0.4 is 16.8 Å². The lowest BCUT2D eigenvalue weighted by molar-refractivity contribution is 0.366. The van der Waals surface area contributed by atoms with E-state index < -0.39 is 0 Å². The molecule has 3 nitrogen and oxygen atoms in total. The molecule has 0 aromatic rings. The van der Waals surface area contributed by atoms with Gasteiger partial charge in [-0.25, -0.2) is 0 Å². The molecule has 1 atom stereocenters. The first-order chi connectivity index (χ1) is 17.8. The Morgan fingerprint density at radius 3 is 1.42 bits per heavy atom. The molecule has 0 fully saturated rings. The van der Waals surface area contributed by atoms with Crippen LogP contribution in [0.4, 0.5) is 0 Å². The van der Waals surface area contributed by atoms with Gasteiger partial charge in [-0.15, -0.1) is 0 Å². The second-order valence-electron chi connectivity index (χ2n) is 11.4. The van der Waals surface area contributed by atoms with Crippen LogP contribution >= 0.6 is 0 Å². The van der Waals surface area contributed by atoms with Crippen molar-refractivity contribution in [3.05, 3.63) is 12.3 Å². The van der Waals surface area contributed by atoms with Crippen LogP contribution in [0.2, 0.25) is 0 Å². The van der Waals surface area contributed by atoms with Gasteiger partial charge < -0.3 is 16.8 Å². The molecule has 1 unspecified atom stereocenters. The molecule has 0 aliphatic rings. The Balaban J connectivity index is 3.72. The van der Waals surface area contributed by atoms with E-state index in [-0.39, 0.29) is 0 Å². The van der Waals surface area contributed by atoms with Gasteiger partial charge in [0.25, 0.3) is 0 Å². The Bertz CT molecular complexity index is 410. The van der Waals surface area contributed by atoms with Crippen LogP contribution in [0.15, 0.2) is 12.3 Å². The second kappa shape index (κ2) is 32.5. The lowest BCUT2D eigenvalue weighted by Crippen LogP contribution is -2.06. The first kappa shape index (κ1) is 35.5. The van der Waals surface area contributed by atoms with Crippen LogP contribution in [0, 0.1) is 5.92 Å². The molecule has 0 radical (unpaired) electrons. The lowest BCUT2D eigenvalue weighted by Gasteiger charge is -2.17. The van der Waals surface area contributed by atoms with Crippen LogP contribution in [0.3, 0.4) is 0 Å². The summed E-state index contributed by atoms with van der Waals surface area (Å²) >= 11 is 0. The Labute approximate surface area is 228 Å². The summed E-state index contributed by atoms with van der Waals surface area (Å²) in [5.74, 6) is 0.974. The number of unbranched alkanes of at least 4 members (excludes halogenated alkanes) is 19. The molecule has 0 aliphatic heterocycles. The summed E-state index contributed by atoms with van der Waals surface area (Å²) in [6.07, 6.45) is 40.5. The first-order valence-corrected chi connectivity index (χ1v) is 16.6. The average Bonchev–Trinajstić information content (AvgIpc) is 2.89. The van der Waals surface area contributed by atoms with E-state index in [0.29, 0.717) is 0 Å². The quantitative estimate of drug-likeness (QED) is 0.0818. The normalized spacial score (nSPS) is 12.5. The van der Waals surface area contributed by atoms with Crippen molar-refractivity contribution in [2.24, 2.45) is 17.4 Å². The van der Waals surface area contributed by atoms with Crippen molar-refractivity contribution in [1.29, 1.82) is 0 Å². The predicted octanol–water partition coefficient (Wildman–Crippen LogP) is 9.79. The van der Waals surface area contributed by atoms with E-state index in [4.69, 9.17) is 11.5 Å². The molecule has 0 aliphatic carbocycles. The molecule has 0 aromatic carbocycles. The smallest absolute Gasteiger partial charge is 0.0141 e. The molecule has 5 N–H and O–H groups in total. The van der Waals surface area contributed by atoms with Gasteiger partial charge in [-0.05, 0) is 57.3 Å². The van der Waals surface area contributed by atoms with Crippen molar-refractivity contribution >= 4 is 0 Å². The zero-order chi connectivity index (χ0) is 26.2. The van der Waals surface area contributed by atoms with Crippen molar-refractivity contribution in [2.45, 2.75) is 174 Å². The molecule has 0 aromatic heterocycles. The summed E-state index contributed by atoms with van der Waals surface area (Å²) in [4.78, 5) is 0. The Morgan fingerprint density at radius 2 is 0.917 bits per heavy atom. The van der Waals surface area contributed by atoms with Gasteiger partial charge in [0.1, 0.15) is 0 Å². The van der Waals surface area contributed by atoms with Crippen molar-refractivity contribution in [3.8, 4) is 0 Å². The highest BCUT2D eigenvalue weighted by molar-refractivity contribution is 4.79. The molecule has 0 saturated carbocycles. The predicted molar refractivity (Wildman–Crippen MR) is 164 cm³/mol. The van der Waals surface area contributed by atoms with E-state index >= 15 is 0 Å². The highest BCUT2D eigenvalue weighted by Crippen LogP contribution is 2.24. The Kier molecular flexibility index (Phi) is 32.0. The summed E-state index contributed by atoms with van der Waals surface area (Å²) in [5, 5.41) is 3.50. The third-order valence-corrected chi connectivity index (χ3v) is 7.78. The molecule has 36 heavy (non-hydrogen) atoms. The fourth-order valence-electron chi connectivity index (χ4n) is 5.31. The lowest BCUT2D eigenvalue weighted by atomic mass is 9.89. The van der Waals surface area contributed by atoms with Gasteiger partial charge in [0.2, 0.25) is 0 Å². The summed E-state index contributed by atoms with van der Waals surface area (Å²) in [7, 11) is 0. The van der Waals surface area contributed by atoms with Crippen LogP contribution in [-0.4, -0.2) is 19.6 Å². The van der Waals surface area contributed by atoms with Crippen LogP contribution in [0.1, 0.15) is 174 Å². The third kappa shape index (κ3) is 29.7. The summed E-state index contributed by atoms with van der Waals surface area (Å²) in [6, 6.07) is 0. The van der Waals surface area contributed by atoms with Gasteiger partial charge in [-0.3, -0.25) is 0 Å². The molecule has 0 rings (SSSR count). The van der Waals surface area contributed by atoms with Crippen molar-refractivity contribution in [2.75, 3.05) is 19.6 Å². The van der Waals surface area contributed by atoms with E-state index in [1.165, 1.54) is 167 Å². The minimum Gasteiger partial charge on any atom is -0.391 e. The summed E-state index contributed by atoms with van der Waals surface area (Å²) in [5.41, 5.74) is 11.3. The maximum atomic E-state index is 5.64. The minimum atomic E-state index is 0.861. The van der Waals surface area contributed by atoms with Crippen LogP contribution in [-0.2, 0) is 0 Å². The van der Waals surface area contributed by atoms with Crippen LogP contribution in [0.5, 0.6) is 0 Å². The van der Waals surface area contributed by atoms with E-state index in [1.807, 2.05) is 0 Å². The summed E-state index contributed by atoms with van der Waals surface area (Å²) < 4.78 is 0. The largest absolute Gasteiger partial charge is 0.391 e. The number of allylic oxidation sites excluding steroid dienone is 1. The second-order valence-corrected chi connectivity index (χ2v) is 11.4. The Morgan fingerprint density at radius 1 is 0.500 bits per heavy atom. The maximum absolute atomic E-state index is 5.64. The Hall–Kier alpha value is -0.540. The molecule has 216 valence electrons. The third-order valence-electron chi connectivity index (χ3n) is 7.78. The highest BCUT2D eigenvalue weighted by atomic mass is 14.8. The van der Waals surface area contributed by atoms with Gasteiger partial charge in [-0.2, -0.15) is 0 Å². The maximum Gasteiger partial charge on any atom is 0.0141 e. The molecule has 0 spiro atoms. The number of nitrogens with two attached hydrogens (primary N) is 2. The molecule has 0 heterocycles. The fourth-order valence-corrected chi connectivity index (χ4v) is 5.31. The van der Waals surface area contributed by atoms with Gasteiger partial charge in [0, 0.05) is 6.54 Å². The number of hydrogen-bond donors (Lipinski definition) is 3. The minimum absolute atomic E-state index is 0.861. The molecule has 0 amide bonds. The SMILES string of the molecule is CCCCCCCC/C=C\NCCCCCCCC(CCCCCCCN)CCCCCCCCN. The average molecular weight is 508 g/mol. The topological polar surface area (TPSA) is 64.1 Å². The van der Waals surface area contributed by atoms with Gasteiger partial charge in [0.15, 0.2) is 0 Å². The first-order valence-electron chi connectivity index (χ1n) is 16.6. The van der Waals surface area contributed by atoms with Gasteiger partial charge >= 0.3 is 0 Å². The molecular weight excluding hydrogens is 438 g/mol. The molecular formula is C33H69N3. The van der Waals surface area contributed by atoms with E-state index in [0.717, 1.165) is 25.6 Å². The summed E-state index contributed by atoms with van der Waals surface area (Å²) in [6.45, 7) is 5.15. The van der Waals surface area contributed by atoms with Crippen LogP contribution in [0.25, 0.3) is 0 Å². The number of rotatable bonds is 31. The zero-order valence-corrected chi connectivity index (χ0v) is 24.9. The van der Waals surface area contributed by atoms with Crippen molar-refractivity contribution in [3.63, 3.8) is 0 Å². The molecule has 0 saturated heterocycles. The number of hydrogen-bond acceptors (Lipinski definition) is 3. The fraction of sp³-hybridized carbons (Fsp3) is 0.939. The molecule has 3 heteroatoms. The van der Waals surface area contributed by atoms with Crippen molar-refractivity contribution in [1.82, 2.24) is 5.32 Å². The van der Waals surface area contributed by atoms with E-state index in [1.54, 1.807) is 0 Å².